The van der Waals surface area contributed by atoms with E-state index < -0.39 is 16.3 Å². The minimum atomic E-state index is -2.49. The number of benzene rings is 1. The Balaban J connectivity index is 2.72. The Morgan fingerprint density at radius 2 is 2.11 bits per heavy atom. The molecule has 18 heavy (non-hydrogen) atoms. The molecule has 1 aliphatic rings. The molecule has 0 atom stereocenters. The van der Waals surface area contributed by atoms with Gasteiger partial charge in [0, 0.05) is 16.5 Å². The van der Waals surface area contributed by atoms with Gasteiger partial charge in [-0.3, -0.25) is 0 Å². The van der Waals surface area contributed by atoms with Crippen LogP contribution < -0.4 is 4.74 Å². The molecule has 5 nitrogen and oxygen atoms in total. The topological polar surface area (TPSA) is 80.7 Å². The average molecular weight is 354 g/mol. The summed E-state index contributed by atoms with van der Waals surface area (Å²) in [5.41, 5.74) is 0.412. The van der Waals surface area contributed by atoms with Gasteiger partial charge in [0.2, 0.25) is 5.05 Å². The van der Waals surface area contributed by atoms with Gasteiger partial charge in [-0.2, -0.15) is 8.42 Å². The number of hydrogen-bond acceptors (Lipinski definition) is 4. The molecule has 0 fully saturated rings. The van der Waals surface area contributed by atoms with Gasteiger partial charge in [-0.05, 0) is 28.4 Å². The number of hydrogen-bond donors (Lipinski definition) is 1. The fourth-order valence-electron chi connectivity index (χ4n) is 1.67. The van der Waals surface area contributed by atoms with Crippen LogP contribution in [0.15, 0.2) is 10.5 Å². The minimum Gasteiger partial charge on any atom is -0.478 e. The van der Waals surface area contributed by atoms with Crippen LogP contribution >= 0.6 is 27.5 Å². The normalized spacial score (nSPS) is 13.8. The number of halogens is 2. The van der Waals surface area contributed by atoms with E-state index in [9.17, 15) is 13.2 Å². The summed E-state index contributed by atoms with van der Waals surface area (Å²) in [5, 5.41) is 9.15. The third kappa shape index (κ3) is 2.25. The van der Waals surface area contributed by atoms with E-state index in [0.717, 1.165) is 0 Å². The molecule has 0 unspecified atom stereocenters. The summed E-state index contributed by atoms with van der Waals surface area (Å²) in [6, 6.07) is 1.23. The van der Waals surface area contributed by atoms with Crippen LogP contribution in [0.3, 0.4) is 0 Å². The smallest absolute Gasteiger partial charge is 0.339 e. The van der Waals surface area contributed by atoms with E-state index in [4.69, 9.17) is 21.4 Å². The van der Waals surface area contributed by atoms with Gasteiger partial charge in [-0.25, -0.2) is 4.79 Å². The first-order chi connectivity index (χ1) is 8.41. The molecule has 0 amide bonds. The summed E-state index contributed by atoms with van der Waals surface area (Å²) in [6.45, 7) is 0. The predicted octanol–water partition coefficient (Wildman–Crippen LogP) is 2.13. The molecule has 0 spiro atoms. The van der Waals surface area contributed by atoms with Crippen molar-refractivity contribution in [1.82, 2.24) is 0 Å². The van der Waals surface area contributed by atoms with Crippen molar-refractivity contribution in [2.45, 2.75) is 12.8 Å². The van der Waals surface area contributed by atoms with E-state index in [1.165, 1.54) is 6.07 Å². The molecule has 1 aromatic carbocycles. The first kappa shape index (κ1) is 13.4. The second-order valence-electron chi connectivity index (χ2n) is 3.54. The summed E-state index contributed by atoms with van der Waals surface area (Å²) in [4.78, 5) is 11.1. The molecule has 1 heterocycles. The second-order valence-corrected chi connectivity index (χ2v) is 5.67. The first-order valence-electron chi connectivity index (χ1n) is 4.79. The monoisotopic (exact) mass is 352 g/mol. The van der Waals surface area contributed by atoms with E-state index in [-0.39, 0.29) is 27.8 Å². The summed E-state index contributed by atoms with van der Waals surface area (Å²) < 4.78 is 27.4. The van der Waals surface area contributed by atoms with Crippen molar-refractivity contribution in [3.05, 3.63) is 26.7 Å². The molecule has 0 aliphatic carbocycles. The standard InChI is InChI=1S/C10H6BrClO5S/c11-8-4-1-2-7(18(15)16)17-9(4)5(10(13)14)3-6(8)12/h3H,1-2H2,(H,13,14). The van der Waals surface area contributed by atoms with Crippen LogP contribution in [0.1, 0.15) is 22.3 Å². The molecular weight excluding hydrogens is 348 g/mol. The number of carbonyl (C=O) groups is 1. The van der Waals surface area contributed by atoms with Crippen LogP contribution in [0.2, 0.25) is 5.02 Å². The number of carboxylic acids is 1. The van der Waals surface area contributed by atoms with E-state index in [2.05, 4.69) is 15.9 Å². The third-order valence-electron chi connectivity index (χ3n) is 2.48. The molecule has 0 saturated heterocycles. The number of fused-ring (bicyclic) bond motifs is 1. The lowest BCUT2D eigenvalue weighted by atomic mass is 10.0. The number of ether oxygens (including phenoxy) is 1. The molecular formula is C10H6BrClO5S. The molecule has 1 N–H and O–H groups in total. The van der Waals surface area contributed by atoms with Gasteiger partial charge in [0.25, 0.3) is 10.3 Å². The van der Waals surface area contributed by atoms with Crippen LogP contribution in [0.4, 0.5) is 0 Å². The van der Waals surface area contributed by atoms with Crippen molar-refractivity contribution in [2.75, 3.05) is 0 Å². The maximum absolute atomic E-state index is 11.1. The lowest BCUT2D eigenvalue weighted by molar-refractivity contribution is 0.0694. The van der Waals surface area contributed by atoms with Crippen LogP contribution in [0.5, 0.6) is 5.75 Å². The molecule has 1 aromatic rings. The molecule has 1 aliphatic heterocycles. The van der Waals surface area contributed by atoms with Crippen LogP contribution in [-0.4, -0.2) is 24.5 Å². The third-order valence-corrected chi connectivity index (χ3v) is 4.57. The highest BCUT2D eigenvalue weighted by atomic mass is 79.9. The first-order valence-corrected chi connectivity index (χ1v) is 7.03. The van der Waals surface area contributed by atoms with Crippen LogP contribution in [-0.2, 0) is 16.7 Å². The Hall–Kier alpha value is -1.05. The molecule has 0 radical (unpaired) electrons. The van der Waals surface area contributed by atoms with Gasteiger partial charge in [0.05, 0.1) is 5.02 Å². The average Bonchev–Trinajstić information content (AvgIpc) is 2.32. The van der Waals surface area contributed by atoms with Crippen molar-refractivity contribution in [1.29, 1.82) is 0 Å². The van der Waals surface area contributed by atoms with Crippen LogP contribution in [0.25, 0.3) is 0 Å². The second kappa shape index (κ2) is 4.91. The zero-order valence-corrected chi connectivity index (χ0v) is 11.9. The number of aromatic carboxylic acids is 1. The van der Waals surface area contributed by atoms with Crippen molar-refractivity contribution >= 4 is 48.8 Å². The summed E-state index contributed by atoms with van der Waals surface area (Å²) in [5.74, 6) is -1.19. The lowest BCUT2D eigenvalue weighted by Gasteiger charge is -2.20. The van der Waals surface area contributed by atoms with Gasteiger partial charge < -0.3 is 9.84 Å². The molecule has 0 bridgehead atoms. The van der Waals surface area contributed by atoms with Gasteiger partial charge in [0.1, 0.15) is 11.3 Å². The zero-order valence-electron chi connectivity index (χ0n) is 8.74. The SMILES string of the molecule is O=C(O)c1cc(Cl)c(Br)c2c1OC(=S(=O)=O)CC2. The van der Waals surface area contributed by atoms with Crippen molar-refractivity contribution in [3.63, 3.8) is 0 Å². The van der Waals surface area contributed by atoms with Crippen molar-refractivity contribution in [3.8, 4) is 5.75 Å². The summed E-state index contributed by atoms with van der Waals surface area (Å²) in [7, 11) is -2.49. The Kier molecular flexibility index (Phi) is 3.65. The molecule has 8 heteroatoms. The minimum absolute atomic E-state index is 0.0317. The highest BCUT2D eigenvalue weighted by molar-refractivity contribution is 9.10. The summed E-state index contributed by atoms with van der Waals surface area (Å²) in [6.07, 6.45) is 0.529. The van der Waals surface area contributed by atoms with Crippen molar-refractivity contribution in [2.24, 2.45) is 0 Å². The van der Waals surface area contributed by atoms with Gasteiger partial charge in [-0.1, -0.05) is 11.6 Å². The largest absolute Gasteiger partial charge is 0.478 e. The predicted molar refractivity (Wildman–Crippen MR) is 69.0 cm³/mol. The molecule has 0 aromatic heterocycles. The van der Waals surface area contributed by atoms with E-state index in [0.29, 0.717) is 16.5 Å². The Labute approximate surface area is 117 Å². The maximum atomic E-state index is 11.1. The van der Waals surface area contributed by atoms with Crippen molar-refractivity contribution < 1.29 is 23.1 Å². The maximum Gasteiger partial charge on any atom is 0.339 e. The Morgan fingerprint density at radius 3 is 2.67 bits per heavy atom. The van der Waals surface area contributed by atoms with Gasteiger partial charge >= 0.3 is 5.97 Å². The van der Waals surface area contributed by atoms with Gasteiger partial charge in [-0.15, -0.1) is 0 Å². The quantitative estimate of drug-likeness (QED) is 0.782. The fourth-order valence-corrected chi connectivity index (χ4v) is 2.81. The zero-order chi connectivity index (χ0) is 13.4. The highest BCUT2D eigenvalue weighted by Crippen LogP contribution is 2.39. The molecule has 0 saturated carbocycles. The van der Waals surface area contributed by atoms with Gasteiger partial charge in [0.15, 0.2) is 0 Å². The number of rotatable bonds is 1. The Bertz CT molecular complexity index is 672. The Morgan fingerprint density at radius 1 is 1.44 bits per heavy atom. The summed E-state index contributed by atoms with van der Waals surface area (Å²) >= 11 is 9.14. The number of carboxylic acid groups (broad SMARTS) is 1. The van der Waals surface area contributed by atoms with E-state index in [1.54, 1.807) is 0 Å². The molecule has 2 rings (SSSR count). The lowest BCUT2D eigenvalue weighted by Crippen LogP contribution is -2.20. The van der Waals surface area contributed by atoms with Crippen LogP contribution in [0, 0.1) is 0 Å². The fraction of sp³-hybridized carbons (Fsp3) is 0.200. The van der Waals surface area contributed by atoms with E-state index >= 15 is 0 Å². The highest BCUT2D eigenvalue weighted by Gasteiger charge is 2.27. The molecule has 96 valence electrons. The van der Waals surface area contributed by atoms with E-state index in [1.807, 2.05) is 0 Å².